The zero-order valence-electron chi connectivity index (χ0n) is 13.3. The van der Waals surface area contributed by atoms with Crippen molar-refractivity contribution < 1.29 is 23.9 Å². The SMILES string of the molecule is CC(C)OC(=O)N[C@H](OCN1C(=O)c2ccccc2C1=O)C(Cl)(Cl)Cl. The lowest BCUT2D eigenvalue weighted by atomic mass is 10.1. The van der Waals surface area contributed by atoms with Crippen LogP contribution in [0.4, 0.5) is 4.79 Å². The molecule has 0 spiro atoms. The number of imide groups is 1. The third-order valence-electron chi connectivity index (χ3n) is 3.14. The molecule has 136 valence electrons. The first-order chi connectivity index (χ1) is 11.6. The number of rotatable bonds is 5. The normalized spacial score (nSPS) is 15.4. The van der Waals surface area contributed by atoms with E-state index >= 15 is 0 Å². The van der Waals surface area contributed by atoms with Gasteiger partial charge in [0.2, 0.25) is 3.79 Å². The average molecular weight is 410 g/mol. The van der Waals surface area contributed by atoms with Gasteiger partial charge in [0.15, 0.2) is 6.23 Å². The number of amides is 3. The molecule has 0 unspecified atom stereocenters. The maximum Gasteiger partial charge on any atom is 0.409 e. The maximum atomic E-state index is 12.3. The molecule has 7 nitrogen and oxygen atoms in total. The number of halogens is 3. The van der Waals surface area contributed by atoms with Gasteiger partial charge in [-0.25, -0.2) is 9.69 Å². The number of hydrogen-bond acceptors (Lipinski definition) is 5. The second-order valence-electron chi connectivity index (χ2n) is 5.40. The van der Waals surface area contributed by atoms with Gasteiger partial charge in [0, 0.05) is 0 Å². The van der Waals surface area contributed by atoms with Gasteiger partial charge in [0.25, 0.3) is 11.8 Å². The molecular formula is C15H15Cl3N2O5. The first-order valence-electron chi connectivity index (χ1n) is 7.22. The van der Waals surface area contributed by atoms with Crippen molar-refractivity contribution in [1.82, 2.24) is 10.2 Å². The van der Waals surface area contributed by atoms with Crippen LogP contribution in [0, 0.1) is 0 Å². The summed E-state index contributed by atoms with van der Waals surface area (Å²) in [5.74, 6) is -1.07. The van der Waals surface area contributed by atoms with Gasteiger partial charge in [0.05, 0.1) is 17.2 Å². The standard InChI is InChI=1S/C15H15Cl3N2O5/c1-8(2)25-14(23)19-13(15(16,17)18)24-7-20-11(21)9-5-3-4-6-10(9)12(20)22/h3-6,8,13H,7H2,1-2H3,(H,19,23)/t13-/m1/s1. The number of nitrogens with zero attached hydrogens (tertiary/aromatic N) is 1. The molecule has 0 aliphatic carbocycles. The predicted molar refractivity (Wildman–Crippen MR) is 91.7 cm³/mol. The predicted octanol–water partition coefficient (Wildman–Crippen LogP) is 3.09. The molecule has 10 heteroatoms. The quantitative estimate of drug-likeness (QED) is 0.459. The Hall–Kier alpha value is -1.54. The maximum absolute atomic E-state index is 12.3. The lowest BCUT2D eigenvalue weighted by Gasteiger charge is -2.27. The Kier molecular flexibility index (Phi) is 6.16. The number of fused-ring (bicyclic) bond motifs is 1. The smallest absolute Gasteiger partial charge is 0.409 e. The molecule has 25 heavy (non-hydrogen) atoms. The minimum atomic E-state index is -2.05. The van der Waals surface area contributed by atoms with Crippen molar-refractivity contribution in [2.24, 2.45) is 0 Å². The first kappa shape index (κ1) is 19.8. The summed E-state index contributed by atoms with van der Waals surface area (Å²) in [4.78, 5) is 37.0. The van der Waals surface area contributed by atoms with Crippen molar-refractivity contribution in [3.05, 3.63) is 35.4 Å². The Morgan fingerprint density at radius 2 is 1.68 bits per heavy atom. The Morgan fingerprint density at radius 1 is 1.16 bits per heavy atom. The van der Waals surface area contributed by atoms with Gasteiger partial charge < -0.3 is 9.47 Å². The zero-order chi connectivity index (χ0) is 18.8. The van der Waals surface area contributed by atoms with E-state index in [1.54, 1.807) is 26.0 Å². The highest BCUT2D eigenvalue weighted by atomic mass is 35.6. The number of alkyl carbamates (subject to hydrolysis) is 1. The van der Waals surface area contributed by atoms with Gasteiger partial charge in [-0.05, 0) is 26.0 Å². The van der Waals surface area contributed by atoms with E-state index in [0.717, 1.165) is 4.90 Å². The molecule has 0 fully saturated rings. The van der Waals surface area contributed by atoms with Crippen molar-refractivity contribution >= 4 is 52.7 Å². The van der Waals surface area contributed by atoms with E-state index < -0.39 is 40.8 Å². The van der Waals surface area contributed by atoms with E-state index in [9.17, 15) is 14.4 Å². The molecule has 1 aromatic rings. The number of carbonyl (C=O) groups is 3. The Labute approximate surface area is 159 Å². The van der Waals surface area contributed by atoms with E-state index in [1.807, 2.05) is 0 Å². The highest BCUT2D eigenvalue weighted by molar-refractivity contribution is 6.68. The highest BCUT2D eigenvalue weighted by Gasteiger charge is 2.39. The Balaban J connectivity index is 2.05. The molecule has 1 aliphatic rings. The van der Waals surface area contributed by atoms with Gasteiger partial charge in [-0.3, -0.25) is 14.9 Å². The number of ether oxygens (including phenoxy) is 2. The van der Waals surface area contributed by atoms with Crippen LogP contribution in [-0.4, -0.2) is 45.7 Å². The van der Waals surface area contributed by atoms with Gasteiger partial charge in [-0.15, -0.1) is 0 Å². The molecule has 1 N–H and O–H groups in total. The van der Waals surface area contributed by atoms with Crippen molar-refractivity contribution in [3.8, 4) is 0 Å². The molecule has 1 aliphatic heterocycles. The molecule has 0 saturated carbocycles. The summed E-state index contributed by atoms with van der Waals surface area (Å²) in [5.41, 5.74) is 0.516. The van der Waals surface area contributed by atoms with Crippen LogP contribution < -0.4 is 5.32 Å². The van der Waals surface area contributed by atoms with Crippen LogP contribution in [0.2, 0.25) is 0 Å². The third-order valence-corrected chi connectivity index (χ3v) is 3.73. The Morgan fingerprint density at radius 3 is 2.12 bits per heavy atom. The second-order valence-corrected chi connectivity index (χ2v) is 7.77. The number of hydrogen-bond donors (Lipinski definition) is 1. The molecule has 0 aromatic heterocycles. The van der Waals surface area contributed by atoms with Crippen LogP contribution in [-0.2, 0) is 9.47 Å². The van der Waals surface area contributed by atoms with Gasteiger partial charge in [-0.1, -0.05) is 46.9 Å². The summed E-state index contributed by atoms with van der Waals surface area (Å²) in [5, 5.41) is 2.23. The largest absolute Gasteiger partial charge is 0.447 e. The van der Waals surface area contributed by atoms with E-state index in [2.05, 4.69) is 5.32 Å². The van der Waals surface area contributed by atoms with Crippen molar-refractivity contribution in [3.63, 3.8) is 0 Å². The van der Waals surface area contributed by atoms with E-state index in [-0.39, 0.29) is 11.1 Å². The lowest BCUT2D eigenvalue weighted by Crippen LogP contribution is -2.48. The summed E-state index contributed by atoms with van der Waals surface area (Å²) in [7, 11) is 0. The molecule has 0 bridgehead atoms. The lowest BCUT2D eigenvalue weighted by molar-refractivity contribution is -0.0204. The molecule has 1 heterocycles. The van der Waals surface area contributed by atoms with Crippen LogP contribution in [0.15, 0.2) is 24.3 Å². The van der Waals surface area contributed by atoms with Crippen LogP contribution in [0.1, 0.15) is 34.6 Å². The fourth-order valence-corrected chi connectivity index (χ4v) is 2.43. The minimum absolute atomic E-state index is 0.258. The molecule has 0 radical (unpaired) electrons. The fraction of sp³-hybridized carbons (Fsp3) is 0.400. The fourth-order valence-electron chi connectivity index (χ4n) is 2.08. The van der Waals surface area contributed by atoms with E-state index in [0.29, 0.717) is 0 Å². The van der Waals surface area contributed by atoms with E-state index in [4.69, 9.17) is 44.3 Å². The van der Waals surface area contributed by atoms with Crippen LogP contribution in [0.5, 0.6) is 0 Å². The third kappa shape index (κ3) is 4.76. The average Bonchev–Trinajstić information content (AvgIpc) is 2.74. The zero-order valence-corrected chi connectivity index (χ0v) is 15.6. The number of benzene rings is 1. The number of carbonyl (C=O) groups excluding carboxylic acids is 3. The van der Waals surface area contributed by atoms with Gasteiger partial charge in [0.1, 0.15) is 6.73 Å². The van der Waals surface area contributed by atoms with Crippen LogP contribution in [0.3, 0.4) is 0 Å². The van der Waals surface area contributed by atoms with Crippen molar-refractivity contribution in [2.45, 2.75) is 30.0 Å². The highest BCUT2D eigenvalue weighted by Crippen LogP contribution is 2.32. The van der Waals surface area contributed by atoms with Crippen LogP contribution >= 0.6 is 34.8 Å². The summed E-state index contributed by atoms with van der Waals surface area (Å²) >= 11 is 17.3. The molecular weight excluding hydrogens is 395 g/mol. The van der Waals surface area contributed by atoms with Gasteiger partial charge in [-0.2, -0.15) is 0 Å². The number of nitrogens with one attached hydrogen (secondary N) is 1. The topological polar surface area (TPSA) is 84.9 Å². The summed E-state index contributed by atoms with van der Waals surface area (Å²) in [6.07, 6.45) is -2.70. The van der Waals surface area contributed by atoms with Crippen LogP contribution in [0.25, 0.3) is 0 Å². The summed E-state index contributed by atoms with van der Waals surface area (Å²) < 4.78 is 8.13. The molecule has 1 aromatic carbocycles. The Bertz CT molecular complexity index is 655. The molecule has 1 atom stereocenters. The first-order valence-corrected chi connectivity index (χ1v) is 8.35. The van der Waals surface area contributed by atoms with Gasteiger partial charge >= 0.3 is 6.09 Å². The van der Waals surface area contributed by atoms with E-state index in [1.165, 1.54) is 12.1 Å². The summed E-state index contributed by atoms with van der Waals surface area (Å²) in [6, 6.07) is 6.34. The summed E-state index contributed by atoms with van der Waals surface area (Å²) in [6.45, 7) is 2.78. The second kappa shape index (κ2) is 7.78. The molecule has 2 rings (SSSR count). The minimum Gasteiger partial charge on any atom is -0.447 e. The molecule has 3 amide bonds. The number of alkyl halides is 3. The monoisotopic (exact) mass is 408 g/mol. The molecule has 0 saturated heterocycles. The van der Waals surface area contributed by atoms with Crippen molar-refractivity contribution in [1.29, 1.82) is 0 Å². The van der Waals surface area contributed by atoms with Crippen molar-refractivity contribution in [2.75, 3.05) is 6.73 Å².